The SMILES string of the molecule is COc1ccc(C)cc1S(=O)(=O)N1CCc2ccc(C(=O)Nc3ccc(C(=O)O)c(Cl)c3)cc21. The summed E-state index contributed by atoms with van der Waals surface area (Å²) in [6, 6.07) is 13.9. The summed E-state index contributed by atoms with van der Waals surface area (Å²) in [4.78, 5) is 24.0. The van der Waals surface area contributed by atoms with E-state index in [4.69, 9.17) is 21.4 Å². The van der Waals surface area contributed by atoms with Crippen molar-refractivity contribution in [1.82, 2.24) is 0 Å². The van der Waals surface area contributed by atoms with E-state index in [-0.39, 0.29) is 33.3 Å². The third-order valence-electron chi connectivity index (χ3n) is 5.54. The van der Waals surface area contributed by atoms with Gasteiger partial charge in [0.15, 0.2) is 0 Å². The molecule has 8 nitrogen and oxygen atoms in total. The first kappa shape index (κ1) is 23.6. The number of aryl methyl sites for hydroxylation is 1. The lowest BCUT2D eigenvalue weighted by Gasteiger charge is -2.21. The van der Waals surface area contributed by atoms with Crippen molar-refractivity contribution in [3.63, 3.8) is 0 Å². The van der Waals surface area contributed by atoms with Crippen LogP contribution < -0.4 is 14.4 Å². The Kier molecular flexibility index (Phi) is 6.24. The van der Waals surface area contributed by atoms with Gasteiger partial charge in [0.1, 0.15) is 10.6 Å². The summed E-state index contributed by atoms with van der Waals surface area (Å²) in [5.41, 5.74) is 2.49. The third kappa shape index (κ3) is 4.32. The molecule has 176 valence electrons. The molecule has 0 fully saturated rings. The number of nitrogens with zero attached hydrogens (tertiary/aromatic N) is 1. The molecule has 0 aromatic heterocycles. The van der Waals surface area contributed by atoms with Gasteiger partial charge in [-0.1, -0.05) is 23.7 Å². The highest BCUT2D eigenvalue weighted by Crippen LogP contribution is 2.37. The summed E-state index contributed by atoms with van der Waals surface area (Å²) >= 11 is 5.98. The van der Waals surface area contributed by atoms with Gasteiger partial charge >= 0.3 is 5.97 Å². The molecular formula is C24H21ClN2O6S. The van der Waals surface area contributed by atoms with Gasteiger partial charge in [-0.05, 0) is 66.9 Å². The zero-order valence-electron chi connectivity index (χ0n) is 18.3. The number of fused-ring (bicyclic) bond motifs is 1. The van der Waals surface area contributed by atoms with Crippen LogP contribution in [0.5, 0.6) is 5.75 Å². The van der Waals surface area contributed by atoms with E-state index in [0.717, 1.165) is 11.1 Å². The number of sulfonamides is 1. The number of carboxylic acid groups (broad SMARTS) is 1. The fourth-order valence-electron chi connectivity index (χ4n) is 3.81. The normalized spacial score (nSPS) is 12.9. The number of amides is 1. The van der Waals surface area contributed by atoms with E-state index < -0.39 is 21.9 Å². The number of rotatable bonds is 6. The van der Waals surface area contributed by atoms with Gasteiger partial charge in [-0.25, -0.2) is 13.2 Å². The molecule has 0 atom stereocenters. The minimum absolute atomic E-state index is 0.0105. The lowest BCUT2D eigenvalue weighted by molar-refractivity contribution is 0.0697. The molecule has 34 heavy (non-hydrogen) atoms. The number of carbonyl (C=O) groups is 2. The maximum Gasteiger partial charge on any atom is 0.337 e. The first-order valence-corrected chi connectivity index (χ1v) is 12.1. The summed E-state index contributed by atoms with van der Waals surface area (Å²) in [6.07, 6.45) is 0.511. The Balaban J connectivity index is 1.65. The van der Waals surface area contributed by atoms with Gasteiger partial charge in [0.2, 0.25) is 0 Å². The van der Waals surface area contributed by atoms with Gasteiger partial charge in [0.25, 0.3) is 15.9 Å². The van der Waals surface area contributed by atoms with Crippen molar-refractivity contribution in [1.29, 1.82) is 0 Å². The molecule has 0 radical (unpaired) electrons. The molecular weight excluding hydrogens is 480 g/mol. The van der Waals surface area contributed by atoms with E-state index in [9.17, 15) is 18.0 Å². The number of anilines is 2. The van der Waals surface area contributed by atoms with E-state index in [1.165, 1.54) is 35.7 Å². The molecule has 1 amide bonds. The number of ether oxygens (including phenoxy) is 1. The van der Waals surface area contributed by atoms with Crippen LogP contribution in [0.2, 0.25) is 5.02 Å². The van der Waals surface area contributed by atoms with Gasteiger partial charge in [-0.3, -0.25) is 9.10 Å². The molecule has 3 aromatic carbocycles. The number of methoxy groups -OCH3 is 1. The predicted molar refractivity (Wildman–Crippen MR) is 129 cm³/mol. The van der Waals surface area contributed by atoms with Gasteiger partial charge in [0.05, 0.1) is 23.4 Å². The smallest absolute Gasteiger partial charge is 0.337 e. The summed E-state index contributed by atoms with van der Waals surface area (Å²) in [5, 5.41) is 11.7. The predicted octanol–water partition coefficient (Wildman–Crippen LogP) is 4.36. The van der Waals surface area contributed by atoms with Crippen LogP contribution in [0.1, 0.15) is 31.8 Å². The molecule has 1 aliphatic rings. The highest BCUT2D eigenvalue weighted by Gasteiger charge is 2.33. The van der Waals surface area contributed by atoms with Gasteiger partial charge in [0, 0.05) is 17.8 Å². The third-order valence-corrected chi connectivity index (χ3v) is 7.69. The minimum atomic E-state index is -3.93. The number of halogens is 1. The van der Waals surface area contributed by atoms with Gasteiger partial charge < -0.3 is 15.2 Å². The standard InChI is InChI=1S/C24H21ClN2O6S/c1-14-3-8-21(33-2)22(11-14)34(31,32)27-10-9-15-4-5-16(12-20(15)27)23(28)26-17-6-7-18(24(29)30)19(25)13-17/h3-8,11-13H,9-10H2,1-2H3,(H,26,28)(H,29,30). The quantitative estimate of drug-likeness (QED) is 0.520. The maximum atomic E-state index is 13.5. The Labute approximate surface area is 201 Å². The second kappa shape index (κ2) is 9.00. The number of carboxylic acids is 1. The van der Waals surface area contributed by atoms with Crippen LogP contribution in [0.4, 0.5) is 11.4 Å². The molecule has 0 saturated carbocycles. The summed E-state index contributed by atoms with van der Waals surface area (Å²) in [7, 11) is -2.52. The van der Waals surface area contributed by atoms with Crippen molar-refractivity contribution >= 4 is 44.9 Å². The Bertz CT molecular complexity index is 1420. The summed E-state index contributed by atoms with van der Waals surface area (Å²) < 4.78 is 33.6. The Morgan fingerprint density at radius 1 is 1.09 bits per heavy atom. The van der Waals surface area contributed by atoms with Gasteiger partial charge in [-0.2, -0.15) is 0 Å². The number of benzene rings is 3. The first-order chi connectivity index (χ1) is 16.1. The van der Waals surface area contributed by atoms with E-state index in [2.05, 4.69) is 5.32 Å². The summed E-state index contributed by atoms with van der Waals surface area (Å²) in [5.74, 6) is -1.41. The van der Waals surface area contributed by atoms with Crippen molar-refractivity contribution in [2.45, 2.75) is 18.2 Å². The highest BCUT2D eigenvalue weighted by molar-refractivity contribution is 7.93. The van der Waals surface area contributed by atoms with E-state index in [0.29, 0.717) is 17.8 Å². The molecule has 1 aliphatic heterocycles. The van der Waals surface area contributed by atoms with Crippen molar-refractivity contribution < 1.29 is 27.9 Å². The molecule has 0 saturated heterocycles. The lowest BCUT2D eigenvalue weighted by atomic mass is 10.1. The van der Waals surface area contributed by atoms with E-state index in [1.807, 2.05) is 0 Å². The molecule has 0 aliphatic carbocycles. The topological polar surface area (TPSA) is 113 Å². The molecule has 1 heterocycles. The van der Waals surface area contributed by atoms with Crippen LogP contribution in [0.3, 0.4) is 0 Å². The van der Waals surface area contributed by atoms with E-state index >= 15 is 0 Å². The molecule has 0 unspecified atom stereocenters. The molecule has 4 rings (SSSR count). The van der Waals surface area contributed by atoms with Gasteiger partial charge in [-0.15, -0.1) is 0 Å². The fraction of sp³-hybridized carbons (Fsp3) is 0.167. The summed E-state index contributed by atoms with van der Waals surface area (Å²) in [6.45, 7) is 2.04. The second-order valence-corrected chi connectivity index (χ2v) is 10.0. The average Bonchev–Trinajstić information content (AvgIpc) is 3.23. The molecule has 10 heteroatoms. The van der Waals surface area contributed by atoms with Crippen LogP contribution in [0.15, 0.2) is 59.5 Å². The van der Waals surface area contributed by atoms with Crippen LogP contribution >= 0.6 is 11.6 Å². The zero-order valence-corrected chi connectivity index (χ0v) is 19.9. The van der Waals surface area contributed by atoms with Crippen LogP contribution in [-0.2, 0) is 16.4 Å². The number of carbonyl (C=O) groups excluding carboxylic acids is 1. The lowest BCUT2D eigenvalue weighted by Crippen LogP contribution is -2.29. The van der Waals surface area contributed by atoms with Crippen molar-refractivity contribution in [2.75, 3.05) is 23.3 Å². The second-order valence-electron chi connectivity index (χ2n) is 7.78. The number of nitrogens with one attached hydrogen (secondary N) is 1. The average molecular weight is 501 g/mol. The van der Waals surface area contributed by atoms with Crippen molar-refractivity contribution in [3.05, 3.63) is 81.9 Å². The Morgan fingerprint density at radius 3 is 2.53 bits per heavy atom. The number of aromatic carboxylic acids is 1. The molecule has 0 spiro atoms. The Hall–Kier alpha value is -3.56. The van der Waals surface area contributed by atoms with Crippen LogP contribution in [0, 0.1) is 6.92 Å². The molecule has 3 aromatic rings. The Morgan fingerprint density at radius 2 is 1.85 bits per heavy atom. The van der Waals surface area contributed by atoms with Crippen molar-refractivity contribution in [3.8, 4) is 5.75 Å². The maximum absolute atomic E-state index is 13.5. The van der Waals surface area contributed by atoms with Crippen LogP contribution in [-0.4, -0.2) is 39.1 Å². The largest absolute Gasteiger partial charge is 0.495 e. The number of hydrogen-bond acceptors (Lipinski definition) is 5. The number of hydrogen-bond donors (Lipinski definition) is 2. The minimum Gasteiger partial charge on any atom is -0.495 e. The van der Waals surface area contributed by atoms with E-state index in [1.54, 1.807) is 37.3 Å². The first-order valence-electron chi connectivity index (χ1n) is 10.3. The highest BCUT2D eigenvalue weighted by atomic mass is 35.5. The monoisotopic (exact) mass is 500 g/mol. The fourth-order valence-corrected chi connectivity index (χ4v) is 5.81. The molecule has 2 N–H and O–H groups in total. The van der Waals surface area contributed by atoms with Crippen LogP contribution in [0.25, 0.3) is 0 Å². The zero-order chi connectivity index (χ0) is 24.6. The molecule has 0 bridgehead atoms. The van der Waals surface area contributed by atoms with Crippen molar-refractivity contribution in [2.24, 2.45) is 0 Å².